The summed E-state index contributed by atoms with van der Waals surface area (Å²) in [5.41, 5.74) is 2.54. The maximum Gasteiger partial charge on any atom is 0.247 e. The number of hydrogen-bond acceptors (Lipinski definition) is 4. The van der Waals surface area contributed by atoms with Gasteiger partial charge in [0.2, 0.25) is 5.91 Å². The van der Waals surface area contributed by atoms with Gasteiger partial charge in [0.1, 0.15) is 9.62 Å². The second-order valence-electron chi connectivity index (χ2n) is 8.51. The van der Waals surface area contributed by atoms with E-state index in [9.17, 15) is 9.00 Å². The van der Waals surface area contributed by atoms with Gasteiger partial charge in [0.15, 0.2) is 11.0 Å². The summed E-state index contributed by atoms with van der Waals surface area (Å²) >= 11 is 1.43. The molecule has 1 heterocycles. The van der Waals surface area contributed by atoms with Gasteiger partial charge in [0, 0.05) is 17.6 Å². The minimum Gasteiger partial charge on any atom is -0.311 e. The number of nitrogens with one attached hydrogen (secondary N) is 2. The molecule has 4 aromatic rings. The Balaban J connectivity index is 1.72. The molecule has 1 unspecified atom stereocenters. The largest absolute Gasteiger partial charge is 0.311 e. The fourth-order valence-corrected chi connectivity index (χ4v) is 5.94. The molecule has 0 aliphatic rings. The molecule has 7 heteroatoms. The van der Waals surface area contributed by atoms with E-state index in [-0.39, 0.29) is 5.91 Å². The molecular formula is C30H29N3O2S2. The molecule has 3 aromatic carbocycles. The summed E-state index contributed by atoms with van der Waals surface area (Å²) in [5, 5.41) is 10.4. The van der Waals surface area contributed by atoms with Gasteiger partial charge in [-0.3, -0.25) is 4.79 Å². The monoisotopic (exact) mass is 527 g/mol. The zero-order valence-electron chi connectivity index (χ0n) is 20.8. The molecule has 0 saturated carbocycles. The normalized spacial score (nSPS) is 12.5. The smallest absolute Gasteiger partial charge is 0.247 e. The molecule has 1 amide bonds. The van der Waals surface area contributed by atoms with Crippen molar-refractivity contribution in [2.24, 2.45) is 0 Å². The van der Waals surface area contributed by atoms with Crippen LogP contribution in [0.3, 0.4) is 0 Å². The molecule has 0 spiro atoms. The van der Waals surface area contributed by atoms with E-state index in [1.165, 1.54) is 17.6 Å². The molecule has 37 heavy (non-hydrogen) atoms. The third-order valence-corrected chi connectivity index (χ3v) is 8.58. The lowest BCUT2D eigenvalue weighted by molar-refractivity contribution is -0.132. The number of anilines is 1. The molecule has 0 aliphatic carbocycles. The van der Waals surface area contributed by atoms with Crippen LogP contribution in [0.5, 0.6) is 0 Å². The van der Waals surface area contributed by atoms with Crippen LogP contribution in [0.4, 0.5) is 5.69 Å². The first-order chi connectivity index (χ1) is 18.0. The summed E-state index contributed by atoms with van der Waals surface area (Å²) in [5.74, 6) is -0.212. The maximum atomic E-state index is 14.5. The van der Waals surface area contributed by atoms with Gasteiger partial charge in [-0.05, 0) is 54.1 Å². The van der Waals surface area contributed by atoms with Crippen molar-refractivity contribution in [3.63, 3.8) is 0 Å². The van der Waals surface area contributed by atoms with Crippen LogP contribution in [-0.2, 0) is 27.7 Å². The van der Waals surface area contributed by atoms with E-state index in [2.05, 4.69) is 4.72 Å². The van der Waals surface area contributed by atoms with E-state index in [0.717, 1.165) is 26.6 Å². The highest BCUT2D eigenvalue weighted by molar-refractivity contribution is 7.88. The van der Waals surface area contributed by atoms with Crippen molar-refractivity contribution in [3.8, 4) is 0 Å². The van der Waals surface area contributed by atoms with Crippen molar-refractivity contribution in [1.82, 2.24) is 4.90 Å². The lowest BCUT2D eigenvalue weighted by Crippen LogP contribution is -2.48. The molecule has 0 bridgehead atoms. The van der Waals surface area contributed by atoms with E-state index in [0.29, 0.717) is 12.2 Å². The number of carbonyl (C=O) groups excluding carboxylic acids is 1. The van der Waals surface area contributed by atoms with Gasteiger partial charge in [-0.2, -0.15) is 0 Å². The molecule has 5 nitrogen and oxygen atoms in total. The summed E-state index contributed by atoms with van der Waals surface area (Å²) in [7, 11) is -1.36. The van der Waals surface area contributed by atoms with Crippen LogP contribution in [0.2, 0.25) is 0 Å². The highest BCUT2D eigenvalue weighted by atomic mass is 32.2. The first-order valence-electron chi connectivity index (χ1n) is 11.9. The Bertz CT molecular complexity index is 1360. The van der Waals surface area contributed by atoms with Crippen LogP contribution in [0.15, 0.2) is 118 Å². The SMILES string of the molecule is C/C=C(\C)N(Cc1cccc(NS(=O)c2cccs2)c1)C(=O)C(C=N)(c1ccccc1)c1ccccc1. The predicted octanol–water partition coefficient (Wildman–Crippen LogP) is 6.77. The number of carbonyl (C=O) groups is 1. The van der Waals surface area contributed by atoms with E-state index in [1.54, 1.807) is 4.90 Å². The number of hydrogen-bond donors (Lipinski definition) is 2. The Kier molecular flexibility index (Phi) is 8.48. The first kappa shape index (κ1) is 26.3. The van der Waals surface area contributed by atoms with Crippen molar-refractivity contribution < 1.29 is 9.00 Å². The van der Waals surface area contributed by atoms with Gasteiger partial charge in [0.05, 0.1) is 6.54 Å². The Labute approximate surface area is 224 Å². The highest BCUT2D eigenvalue weighted by Crippen LogP contribution is 2.34. The van der Waals surface area contributed by atoms with Crippen molar-refractivity contribution in [2.45, 2.75) is 30.0 Å². The molecule has 0 radical (unpaired) electrons. The lowest BCUT2D eigenvalue weighted by Gasteiger charge is -2.36. The number of nitrogens with zero attached hydrogens (tertiary/aromatic N) is 1. The summed E-state index contributed by atoms with van der Waals surface area (Å²) in [6, 6.07) is 30.2. The molecular weight excluding hydrogens is 498 g/mol. The second-order valence-corrected chi connectivity index (χ2v) is 10.9. The standard InChI is InChI=1S/C30H29N3O2S2/c1-3-23(2)33(21-24-12-10-17-27(20-24)32-37(35)28-18-11-19-36-28)29(34)30(22-31,25-13-6-4-7-14-25)26-15-8-5-9-16-26/h3-20,22,31-32H,21H2,1-2H3/b23-3+,31-22?. The average molecular weight is 528 g/mol. The Morgan fingerprint density at radius 3 is 2.16 bits per heavy atom. The number of allylic oxidation sites excluding steroid dienone is 2. The minimum atomic E-state index is -1.36. The van der Waals surface area contributed by atoms with E-state index >= 15 is 0 Å². The zero-order chi connectivity index (χ0) is 26.3. The van der Waals surface area contributed by atoms with Gasteiger partial charge in [-0.1, -0.05) is 84.9 Å². The second kappa shape index (κ2) is 12.0. The molecule has 1 aromatic heterocycles. The topological polar surface area (TPSA) is 73.3 Å². The molecule has 0 fully saturated rings. The summed E-state index contributed by atoms with van der Waals surface area (Å²) < 4.78 is 16.5. The van der Waals surface area contributed by atoms with Crippen LogP contribution < -0.4 is 4.72 Å². The van der Waals surface area contributed by atoms with E-state index < -0.39 is 16.4 Å². The molecule has 1 atom stereocenters. The highest BCUT2D eigenvalue weighted by Gasteiger charge is 2.43. The van der Waals surface area contributed by atoms with Crippen LogP contribution in [0.25, 0.3) is 0 Å². The van der Waals surface area contributed by atoms with Crippen LogP contribution >= 0.6 is 11.3 Å². The third-order valence-electron chi connectivity index (χ3n) is 6.26. The van der Waals surface area contributed by atoms with Crippen LogP contribution in [0.1, 0.15) is 30.5 Å². The molecule has 2 N–H and O–H groups in total. The van der Waals surface area contributed by atoms with Gasteiger partial charge in [-0.25, -0.2) is 4.21 Å². The lowest BCUT2D eigenvalue weighted by atomic mass is 9.74. The number of amides is 1. The molecule has 0 aliphatic heterocycles. The fraction of sp³-hybridized carbons (Fsp3) is 0.133. The van der Waals surface area contributed by atoms with Crippen molar-refractivity contribution in [3.05, 3.63) is 131 Å². The number of rotatable bonds is 10. The van der Waals surface area contributed by atoms with Gasteiger partial charge in [-0.15, -0.1) is 11.3 Å². The molecule has 0 saturated heterocycles. The minimum absolute atomic E-state index is 0.212. The van der Waals surface area contributed by atoms with Crippen LogP contribution in [0, 0.1) is 5.41 Å². The Morgan fingerprint density at radius 1 is 0.973 bits per heavy atom. The summed E-state index contributed by atoms with van der Waals surface area (Å²) in [4.78, 5) is 16.2. The van der Waals surface area contributed by atoms with E-state index in [4.69, 9.17) is 5.41 Å². The Hall–Kier alpha value is -3.81. The predicted molar refractivity (Wildman–Crippen MR) is 153 cm³/mol. The molecule has 188 valence electrons. The number of benzene rings is 3. The summed E-state index contributed by atoms with van der Waals surface area (Å²) in [6.07, 6.45) is 3.15. The molecule has 4 rings (SSSR count). The van der Waals surface area contributed by atoms with Crippen molar-refractivity contribution >= 4 is 40.1 Å². The fourth-order valence-electron chi connectivity index (χ4n) is 4.21. The average Bonchev–Trinajstić information content (AvgIpc) is 3.49. The zero-order valence-corrected chi connectivity index (χ0v) is 22.4. The first-order valence-corrected chi connectivity index (χ1v) is 13.9. The Morgan fingerprint density at radius 2 is 1.62 bits per heavy atom. The van der Waals surface area contributed by atoms with Crippen molar-refractivity contribution in [2.75, 3.05) is 4.72 Å². The van der Waals surface area contributed by atoms with Gasteiger partial charge >= 0.3 is 0 Å². The van der Waals surface area contributed by atoms with Gasteiger partial charge < -0.3 is 15.0 Å². The maximum absolute atomic E-state index is 14.5. The third kappa shape index (κ3) is 5.63. The van der Waals surface area contributed by atoms with Crippen LogP contribution in [-0.4, -0.2) is 21.2 Å². The summed E-state index contributed by atoms with van der Waals surface area (Å²) in [6.45, 7) is 4.09. The van der Waals surface area contributed by atoms with E-state index in [1.807, 2.05) is 122 Å². The number of thiophene rings is 1. The quantitative estimate of drug-likeness (QED) is 0.223. The van der Waals surface area contributed by atoms with Crippen molar-refractivity contribution in [1.29, 1.82) is 5.41 Å². The van der Waals surface area contributed by atoms with Gasteiger partial charge in [0.25, 0.3) is 0 Å².